The molecule has 0 spiro atoms. The van der Waals surface area contributed by atoms with Crippen LogP contribution in [0.5, 0.6) is 11.8 Å². The van der Waals surface area contributed by atoms with Gasteiger partial charge in [-0.25, -0.2) is 4.98 Å². The lowest BCUT2D eigenvalue weighted by molar-refractivity contribution is 0.344. The standard InChI is InChI=1S/C20H23N5O3/c1-27-17-11-18(28-2)23-20(22-17)24-9-7-14(8-10-24)12-25-13-21-16-6-4-3-5-15(16)19(25)26/h3-6,11,13-14H,7-10,12H2,1-2H3. The highest BCUT2D eigenvalue weighted by Crippen LogP contribution is 2.25. The first-order valence-electron chi connectivity index (χ1n) is 9.34. The summed E-state index contributed by atoms with van der Waals surface area (Å²) in [7, 11) is 3.15. The van der Waals surface area contributed by atoms with Gasteiger partial charge in [0.2, 0.25) is 17.7 Å². The Balaban J connectivity index is 1.45. The van der Waals surface area contributed by atoms with Gasteiger partial charge in [-0.05, 0) is 30.9 Å². The number of piperidine rings is 1. The zero-order valence-electron chi connectivity index (χ0n) is 16.0. The van der Waals surface area contributed by atoms with E-state index in [1.807, 2.05) is 24.3 Å². The van der Waals surface area contributed by atoms with Crippen molar-refractivity contribution in [2.75, 3.05) is 32.2 Å². The third-order valence-electron chi connectivity index (χ3n) is 5.17. The van der Waals surface area contributed by atoms with Gasteiger partial charge in [0, 0.05) is 19.6 Å². The van der Waals surface area contributed by atoms with Crippen molar-refractivity contribution in [2.24, 2.45) is 5.92 Å². The Labute approximate surface area is 162 Å². The molecule has 8 nitrogen and oxygen atoms in total. The Kier molecular flexibility index (Phi) is 5.10. The van der Waals surface area contributed by atoms with Crippen molar-refractivity contribution >= 4 is 16.9 Å². The van der Waals surface area contributed by atoms with E-state index in [1.54, 1.807) is 31.2 Å². The summed E-state index contributed by atoms with van der Waals surface area (Å²) in [6.45, 7) is 2.31. The van der Waals surface area contributed by atoms with Gasteiger partial charge in [0.25, 0.3) is 5.56 Å². The van der Waals surface area contributed by atoms with E-state index in [0.717, 1.165) is 31.4 Å². The fourth-order valence-corrected chi connectivity index (χ4v) is 3.57. The maximum atomic E-state index is 12.7. The number of rotatable bonds is 5. The minimum atomic E-state index is 0.0221. The Morgan fingerprint density at radius 1 is 1.07 bits per heavy atom. The highest BCUT2D eigenvalue weighted by molar-refractivity contribution is 5.76. The number of benzene rings is 1. The number of aromatic nitrogens is 4. The lowest BCUT2D eigenvalue weighted by atomic mass is 9.97. The third kappa shape index (κ3) is 3.62. The monoisotopic (exact) mass is 381 g/mol. The fraction of sp³-hybridized carbons (Fsp3) is 0.400. The van der Waals surface area contributed by atoms with Gasteiger partial charge in [0.15, 0.2) is 0 Å². The van der Waals surface area contributed by atoms with Crippen LogP contribution in [0, 0.1) is 5.92 Å². The third-order valence-corrected chi connectivity index (χ3v) is 5.17. The van der Waals surface area contributed by atoms with E-state index < -0.39 is 0 Å². The highest BCUT2D eigenvalue weighted by Gasteiger charge is 2.23. The summed E-state index contributed by atoms with van der Waals surface area (Å²) in [5.41, 5.74) is 0.761. The first kappa shape index (κ1) is 18.2. The molecule has 8 heteroatoms. The average Bonchev–Trinajstić information content (AvgIpc) is 2.76. The molecule has 146 valence electrons. The van der Waals surface area contributed by atoms with Gasteiger partial charge in [-0.2, -0.15) is 9.97 Å². The van der Waals surface area contributed by atoms with Crippen molar-refractivity contribution in [3.8, 4) is 11.8 Å². The van der Waals surface area contributed by atoms with Crippen LogP contribution in [-0.2, 0) is 6.54 Å². The number of ether oxygens (including phenoxy) is 2. The quantitative estimate of drug-likeness (QED) is 0.669. The number of nitrogens with zero attached hydrogens (tertiary/aromatic N) is 5. The predicted molar refractivity (Wildman–Crippen MR) is 106 cm³/mol. The SMILES string of the molecule is COc1cc(OC)nc(N2CCC(Cn3cnc4ccccc4c3=O)CC2)n1. The summed E-state index contributed by atoms with van der Waals surface area (Å²) in [5.74, 6) is 1.99. The van der Waals surface area contributed by atoms with Crippen LogP contribution in [0.3, 0.4) is 0 Å². The summed E-state index contributed by atoms with van der Waals surface area (Å²) in [5, 5.41) is 0.666. The van der Waals surface area contributed by atoms with Crippen molar-refractivity contribution < 1.29 is 9.47 Å². The molecular formula is C20H23N5O3. The number of anilines is 1. The van der Waals surface area contributed by atoms with Crippen LogP contribution < -0.4 is 19.9 Å². The summed E-state index contributed by atoms with van der Waals surface area (Å²) < 4.78 is 12.2. The molecule has 3 heterocycles. The average molecular weight is 381 g/mol. The molecule has 0 N–H and O–H groups in total. The second kappa shape index (κ2) is 7.84. The van der Waals surface area contributed by atoms with E-state index in [4.69, 9.17) is 9.47 Å². The van der Waals surface area contributed by atoms with Crippen LogP contribution in [-0.4, -0.2) is 46.8 Å². The summed E-state index contributed by atoms with van der Waals surface area (Å²) in [6.07, 6.45) is 3.55. The van der Waals surface area contributed by atoms with Crippen molar-refractivity contribution in [1.29, 1.82) is 0 Å². The lowest BCUT2D eigenvalue weighted by Crippen LogP contribution is -2.37. The first-order valence-corrected chi connectivity index (χ1v) is 9.34. The number of fused-ring (bicyclic) bond motifs is 1. The molecule has 0 unspecified atom stereocenters. The molecule has 0 atom stereocenters. The van der Waals surface area contributed by atoms with Crippen LogP contribution in [0.2, 0.25) is 0 Å². The Bertz CT molecular complexity index is 1010. The topological polar surface area (TPSA) is 82.4 Å². The highest BCUT2D eigenvalue weighted by atomic mass is 16.5. The molecule has 3 aromatic rings. The number of para-hydroxylation sites is 1. The summed E-state index contributed by atoms with van der Waals surface area (Å²) in [6, 6.07) is 9.12. The molecular weight excluding hydrogens is 358 g/mol. The van der Waals surface area contributed by atoms with Gasteiger partial charge in [-0.15, -0.1) is 0 Å². The summed E-state index contributed by atoms with van der Waals surface area (Å²) >= 11 is 0. The Hall–Kier alpha value is -3.16. The van der Waals surface area contributed by atoms with Gasteiger partial charge in [0.05, 0.1) is 37.5 Å². The molecule has 0 radical (unpaired) electrons. The van der Waals surface area contributed by atoms with E-state index in [0.29, 0.717) is 35.6 Å². The largest absolute Gasteiger partial charge is 0.481 e. The Morgan fingerprint density at radius 2 is 1.75 bits per heavy atom. The van der Waals surface area contributed by atoms with Gasteiger partial charge in [0.1, 0.15) is 0 Å². The van der Waals surface area contributed by atoms with E-state index in [9.17, 15) is 4.79 Å². The molecule has 0 saturated carbocycles. The van der Waals surface area contributed by atoms with Gasteiger partial charge >= 0.3 is 0 Å². The van der Waals surface area contributed by atoms with Crippen LogP contribution in [0.4, 0.5) is 5.95 Å². The number of hydrogen-bond donors (Lipinski definition) is 0. The van der Waals surface area contributed by atoms with Crippen LogP contribution in [0.25, 0.3) is 10.9 Å². The van der Waals surface area contributed by atoms with E-state index >= 15 is 0 Å². The van der Waals surface area contributed by atoms with E-state index in [1.165, 1.54) is 0 Å². The molecule has 0 amide bonds. The zero-order valence-corrected chi connectivity index (χ0v) is 16.0. The summed E-state index contributed by atoms with van der Waals surface area (Å²) in [4.78, 5) is 28.1. The minimum absolute atomic E-state index is 0.0221. The Morgan fingerprint density at radius 3 is 2.43 bits per heavy atom. The van der Waals surface area contributed by atoms with Crippen molar-refractivity contribution in [1.82, 2.24) is 19.5 Å². The van der Waals surface area contributed by atoms with Crippen molar-refractivity contribution in [2.45, 2.75) is 19.4 Å². The van der Waals surface area contributed by atoms with Crippen molar-refractivity contribution in [3.63, 3.8) is 0 Å². The molecule has 1 aromatic carbocycles. The zero-order chi connectivity index (χ0) is 19.5. The van der Waals surface area contributed by atoms with Crippen molar-refractivity contribution in [3.05, 3.63) is 47.0 Å². The predicted octanol–water partition coefficient (Wildman–Crippen LogP) is 2.12. The van der Waals surface area contributed by atoms with E-state index in [-0.39, 0.29) is 5.56 Å². The maximum Gasteiger partial charge on any atom is 0.261 e. The van der Waals surface area contributed by atoms with E-state index in [2.05, 4.69) is 19.9 Å². The molecule has 2 aromatic heterocycles. The first-order chi connectivity index (χ1) is 13.7. The second-order valence-electron chi connectivity index (χ2n) is 6.90. The van der Waals surface area contributed by atoms with Gasteiger partial charge in [-0.1, -0.05) is 12.1 Å². The molecule has 1 aliphatic rings. The molecule has 4 rings (SSSR count). The molecule has 1 saturated heterocycles. The second-order valence-corrected chi connectivity index (χ2v) is 6.90. The van der Waals surface area contributed by atoms with Gasteiger partial charge < -0.3 is 14.4 Å². The minimum Gasteiger partial charge on any atom is -0.481 e. The van der Waals surface area contributed by atoms with Crippen LogP contribution in [0.1, 0.15) is 12.8 Å². The number of hydrogen-bond acceptors (Lipinski definition) is 7. The normalized spacial score (nSPS) is 15.0. The molecule has 0 bridgehead atoms. The van der Waals surface area contributed by atoms with Crippen LogP contribution >= 0.6 is 0 Å². The molecule has 28 heavy (non-hydrogen) atoms. The van der Waals surface area contributed by atoms with Gasteiger partial charge in [-0.3, -0.25) is 9.36 Å². The smallest absolute Gasteiger partial charge is 0.261 e. The number of methoxy groups -OCH3 is 2. The maximum absolute atomic E-state index is 12.7. The molecule has 1 aliphatic heterocycles. The lowest BCUT2D eigenvalue weighted by Gasteiger charge is -2.32. The fourth-order valence-electron chi connectivity index (χ4n) is 3.57. The molecule has 1 fully saturated rings. The molecule has 0 aliphatic carbocycles. The van der Waals surface area contributed by atoms with Crippen LogP contribution in [0.15, 0.2) is 41.5 Å².